The highest BCUT2D eigenvalue weighted by atomic mass is 32.2. The summed E-state index contributed by atoms with van der Waals surface area (Å²) in [4.78, 5) is 27.1. The monoisotopic (exact) mass is 656 g/mol. The normalized spacial score (nSPS) is 33.0. The summed E-state index contributed by atoms with van der Waals surface area (Å²) < 4.78 is 96.8. The SMILES string of the molecule is C[C@]12C[C@H](c3ccc(C(=O)N4CCN(S(C)(=O)=O)CC4)cc3)C3=C4CCC(=O)C=C4CC[C@H]3[C@@H]1CC[C@@]2(O)C(F)(F)C(F)(F)F. The van der Waals surface area contributed by atoms with Gasteiger partial charge >= 0.3 is 12.1 Å². The number of carbonyl (C=O) groups is 2. The second kappa shape index (κ2) is 10.7. The van der Waals surface area contributed by atoms with Crippen molar-refractivity contribution in [3.63, 3.8) is 0 Å². The average Bonchev–Trinajstić information content (AvgIpc) is 3.26. The molecule has 13 heteroatoms. The van der Waals surface area contributed by atoms with Crippen LogP contribution in [-0.2, 0) is 14.8 Å². The summed E-state index contributed by atoms with van der Waals surface area (Å²) >= 11 is 0. The molecule has 45 heavy (non-hydrogen) atoms. The van der Waals surface area contributed by atoms with Crippen LogP contribution < -0.4 is 0 Å². The predicted octanol–water partition coefficient (Wildman–Crippen LogP) is 5.23. The Kier molecular flexibility index (Phi) is 7.68. The Morgan fingerprint density at radius 1 is 0.978 bits per heavy atom. The number of sulfonamides is 1. The summed E-state index contributed by atoms with van der Waals surface area (Å²) in [5, 5.41) is 11.4. The Balaban J connectivity index is 1.37. The minimum absolute atomic E-state index is 0.00490. The lowest BCUT2D eigenvalue weighted by atomic mass is 9.50. The number of piperazine rings is 1. The number of benzene rings is 1. The molecule has 1 N–H and O–H groups in total. The van der Waals surface area contributed by atoms with E-state index in [2.05, 4.69) is 0 Å². The Labute approximate surface area is 259 Å². The number of hydrogen-bond donors (Lipinski definition) is 1. The van der Waals surface area contributed by atoms with E-state index in [1.165, 1.54) is 11.2 Å². The molecule has 1 aliphatic heterocycles. The second-order valence-electron chi connectivity index (χ2n) is 13.5. The molecule has 7 nitrogen and oxygen atoms in total. The quantitative estimate of drug-likeness (QED) is 0.448. The largest absolute Gasteiger partial charge is 0.456 e. The molecule has 5 atom stereocenters. The van der Waals surface area contributed by atoms with E-state index in [0.29, 0.717) is 36.8 Å². The Hall–Kier alpha value is -2.64. The first kappa shape index (κ1) is 32.3. The molecule has 1 aromatic rings. The number of ketones is 1. The van der Waals surface area contributed by atoms with Gasteiger partial charge in [-0.15, -0.1) is 0 Å². The third kappa shape index (κ3) is 4.99. The highest BCUT2D eigenvalue weighted by Crippen LogP contribution is 2.70. The van der Waals surface area contributed by atoms with Gasteiger partial charge < -0.3 is 10.0 Å². The number of carbonyl (C=O) groups excluding carboxylic acids is 2. The molecule has 1 amide bonds. The first-order valence-corrected chi connectivity index (χ1v) is 17.2. The molecule has 0 spiro atoms. The molecule has 4 aliphatic carbocycles. The number of halogens is 5. The van der Waals surface area contributed by atoms with Gasteiger partial charge in [-0.1, -0.05) is 24.6 Å². The summed E-state index contributed by atoms with van der Waals surface area (Å²) in [5.74, 6) is -7.13. The first-order chi connectivity index (χ1) is 20.9. The lowest BCUT2D eigenvalue weighted by molar-refractivity contribution is -0.362. The van der Waals surface area contributed by atoms with Crippen molar-refractivity contribution in [1.82, 2.24) is 9.21 Å². The number of allylic oxidation sites excluding steroid dienone is 4. The summed E-state index contributed by atoms with van der Waals surface area (Å²) in [5.41, 5.74) is -1.25. The van der Waals surface area contributed by atoms with Crippen LogP contribution in [0.15, 0.2) is 47.1 Å². The van der Waals surface area contributed by atoms with Crippen molar-refractivity contribution in [3.8, 4) is 0 Å². The van der Waals surface area contributed by atoms with Gasteiger partial charge in [0.2, 0.25) is 10.0 Å². The van der Waals surface area contributed by atoms with Crippen LogP contribution in [0.2, 0.25) is 0 Å². The molecule has 3 fully saturated rings. The Bertz CT molecular complexity index is 1580. The standard InChI is InChI=1S/C32H37F5N2O5S/c1-29-18-25(19-3-5-20(6-4-19)28(41)38-13-15-39(16-14-38)45(2,43)44)27-23-10-8-22(40)17-21(23)7-9-24(27)26(29)11-12-30(29,42)31(33,34)32(35,36)37/h3-6,17,24-26,42H,7-16,18H2,1-2H3/t24-,25+,26-,29-,30-/m0/s1. The van der Waals surface area contributed by atoms with Crippen LogP contribution >= 0.6 is 0 Å². The second-order valence-corrected chi connectivity index (χ2v) is 15.5. The third-order valence-corrected chi connectivity index (χ3v) is 12.6. The van der Waals surface area contributed by atoms with Crippen molar-refractivity contribution in [2.75, 3.05) is 32.4 Å². The van der Waals surface area contributed by atoms with E-state index in [1.807, 2.05) is 0 Å². The fourth-order valence-corrected chi connectivity index (χ4v) is 9.80. The van der Waals surface area contributed by atoms with Gasteiger partial charge in [0.05, 0.1) is 6.26 Å². The minimum atomic E-state index is -5.92. The van der Waals surface area contributed by atoms with Crippen LogP contribution in [0.3, 0.4) is 0 Å². The predicted molar refractivity (Wildman–Crippen MR) is 155 cm³/mol. The molecule has 0 unspecified atom stereocenters. The van der Waals surface area contributed by atoms with E-state index in [9.17, 15) is 36.3 Å². The van der Waals surface area contributed by atoms with Crippen LogP contribution in [0.4, 0.5) is 22.0 Å². The average molecular weight is 657 g/mol. The summed E-state index contributed by atoms with van der Waals surface area (Å²) in [6, 6.07) is 6.59. The lowest BCUT2D eigenvalue weighted by Gasteiger charge is -2.56. The van der Waals surface area contributed by atoms with Crippen molar-refractivity contribution in [2.24, 2.45) is 17.3 Å². The fraction of sp³-hybridized carbons (Fsp3) is 0.625. The van der Waals surface area contributed by atoms with Crippen molar-refractivity contribution < 1.29 is 45.1 Å². The number of nitrogens with zero attached hydrogens (tertiary/aromatic N) is 2. The highest BCUT2D eigenvalue weighted by Gasteiger charge is 2.79. The van der Waals surface area contributed by atoms with Gasteiger partial charge in [0.15, 0.2) is 5.78 Å². The van der Waals surface area contributed by atoms with Crippen LogP contribution in [-0.4, -0.2) is 84.6 Å². The number of alkyl halides is 5. The smallest absolute Gasteiger partial charge is 0.383 e. The zero-order valence-corrected chi connectivity index (χ0v) is 26.0. The van der Waals surface area contributed by atoms with E-state index in [1.54, 1.807) is 35.2 Å². The fourth-order valence-electron chi connectivity index (χ4n) is 8.98. The number of fused-ring (bicyclic) bond motifs is 4. The molecule has 1 saturated heterocycles. The number of amides is 1. The molecule has 5 aliphatic rings. The van der Waals surface area contributed by atoms with Crippen molar-refractivity contribution in [1.29, 1.82) is 0 Å². The number of rotatable bonds is 4. The van der Waals surface area contributed by atoms with Gasteiger partial charge in [-0.25, -0.2) is 8.42 Å². The van der Waals surface area contributed by atoms with Gasteiger partial charge in [0, 0.05) is 49.5 Å². The topological polar surface area (TPSA) is 95.0 Å². The zero-order valence-electron chi connectivity index (χ0n) is 25.2. The number of hydrogen-bond acceptors (Lipinski definition) is 5. The molecular weight excluding hydrogens is 619 g/mol. The molecule has 6 rings (SSSR count). The van der Waals surface area contributed by atoms with E-state index in [0.717, 1.165) is 23.0 Å². The van der Waals surface area contributed by atoms with E-state index >= 15 is 8.78 Å². The van der Waals surface area contributed by atoms with E-state index in [4.69, 9.17) is 0 Å². The maximum atomic E-state index is 15.2. The molecular formula is C32H37F5N2O5S. The van der Waals surface area contributed by atoms with Crippen LogP contribution in [0, 0.1) is 17.3 Å². The molecule has 246 valence electrons. The molecule has 0 bridgehead atoms. The van der Waals surface area contributed by atoms with Gasteiger partial charge in [-0.05, 0) is 85.3 Å². The van der Waals surface area contributed by atoms with Crippen molar-refractivity contribution in [2.45, 2.75) is 75.5 Å². The summed E-state index contributed by atoms with van der Waals surface area (Å²) in [7, 11) is -3.38. The third-order valence-electron chi connectivity index (χ3n) is 11.3. The Morgan fingerprint density at radius 3 is 2.22 bits per heavy atom. The van der Waals surface area contributed by atoms with Gasteiger partial charge in [0.25, 0.3) is 5.91 Å². The van der Waals surface area contributed by atoms with Gasteiger partial charge in [-0.2, -0.15) is 26.3 Å². The molecule has 2 saturated carbocycles. The van der Waals surface area contributed by atoms with Crippen LogP contribution in [0.25, 0.3) is 0 Å². The zero-order chi connectivity index (χ0) is 32.7. The minimum Gasteiger partial charge on any atom is -0.383 e. The lowest BCUT2D eigenvalue weighted by Crippen LogP contribution is -2.65. The summed E-state index contributed by atoms with van der Waals surface area (Å²) in [6.07, 6.45) is -2.20. The van der Waals surface area contributed by atoms with Gasteiger partial charge in [-0.3, -0.25) is 9.59 Å². The van der Waals surface area contributed by atoms with Crippen LogP contribution in [0.5, 0.6) is 0 Å². The van der Waals surface area contributed by atoms with Crippen LogP contribution in [0.1, 0.15) is 73.7 Å². The maximum absolute atomic E-state index is 15.2. The Morgan fingerprint density at radius 2 is 1.62 bits per heavy atom. The van der Waals surface area contributed by atoms with E-state index < -0.39 is 51.4 Å². The maximum Gasteiger partial charge on any atom is 0.456 e. The summed E-state index contributed by atoms with van der Waals surface area (Å²) in [6.45, 7) is 2.16. The number of aliphatic hydroxyl groups is 1. The molecule has 0 radical (unpaired) electrons. The highest BCUT2D eigenvalue weighted by molar-refractivity contribution is 7.88. The first-order valence-electron chi connectivity index (χ1n) is 15.4. The van der Waals surface area contributed by atoms with Crippen molar-refractivity contribution >= 4 is 21.7 Å². The molecule has 1 heterocycles. The molecule has 0 aromatic heterocycles. The van der Waals surface area contributed by atoms with Crippen molar-refractivity contribution in [3.05, 3.63) is 58.2 Å². The molecule has 1 aromatic carbocycles. The van der Waals surface area contributed by atoms with E-state index in [-0.39, 0.29) is 56.6 Å². The van der Waals surface area contributed by atoms with Gasteiger partial charge in [0.1, 0.15) is 5.60 Å².